The van der Waals surface area contributed by atoms with Gasteiger partial charge in [0, 0.05) is 35.8 Å². The highest BCUT2D eigenvalue weighted by molar-refractivity contribution is 6.05. The Labute approximate surface area is 146 Å². The number of likely N-dealkylation sites (N-methyl/N-ethyl adjacent to an activating group) is 1. The summed E-state index contributed by atoms with van der Waals surface area (Å²) in [6, 6.07) is 5.80. The maximum atomic E-state index is 11.9. The Morgan fingerprint density at radius 1 is 1.32 bits per heavy atom. The summed E-state index contributed by atoms with van der Waals surface area (Å²) in [6.07, 6.45) is 5.07. The first-order valence-electron chi connectivity index (χ1n) is 7.99. The van der Waals surface area contributed by atoms with Gasteiger partial charge >= 0.3 is 5.97 Å². The molecule has 130 valence electrons. The quantitative estimate of drug-likeness (QED) is 0.671. The molecule has 0 fully saturated rings. The number of anilines is 1. The molecule has 0 aliphatic heterocycles. The van der Waals surface area contributed by atoms with E-state index in [-0.39, 0.29) is 5.97 Å². The molecule has 3 rings (SSSR count). The maximum Gasteiger partial charge on any atom is 0.340 e. The minimum Gasteiger partial charge on any atom is -0.465 e. The first-order chi connectivity index (χ1) is 12.1. The van der Waals surface area contributed by atoms with Gasteiger partial charge in [0.15, 0.2) is 0 Å². The number of esters is 1. The SMILES string of the molecule is COC(=O)c1c[nH]c2ccc(-c3cncc(NCCN(C)C)n3)cc12. The Morgan fingerprint density at radius 3 is 2.92 bits per heavy atom. The molecule has 0 spiro atoms. The average molecular weight is 339 g/mol. The van der Waals surface area contributed by atoms with Gasteiger partial charge in [-0.3, -0.25) is 4.98 Å². The van der Waals surface area contributed by atoms with Crippen molar-refractivity contribution in [2.24, 2.45) is 0 Å². The van der Waals surface area contributed by atoms with Gasteiger partial charge in [0.2, 0.25) is 0 Å². The summed E-state index contributed by atoms with van der Waals surface area (Å²) >= 11 is 0. The van der Waals surface area contributed by atoms with E-state index in [9.17, 15) is 4.79 Å². The van der Waals surface area contributed by atoms with Gasteiger partial charge in [0.05, 0.1) is 30.8 Å². The minimum atomic E-state index is -0.367. The number of H-pyrrole nitrogens is 1. The Balaban J connectivity index is 1.89. The van der Waals surface area contributed by atoms with Crippen molar-refractivity contribution in [1.29, 1.82) is 0 Å². The number of benzene rings is 1. The Hall–Kier alpha value is -2.93. The van der Waals surface area contributed by atoms with Gasteiger partial charge in [0.25, 0.3) is 0 Å². The lowest BCUT2D eigenvalue weighted by molar-refractivity contribution is 0.0603. The van der Waals surface area contributed by atoms with E-state index in [1.54, 1.807) is 18.6 Å². The fourth-order valence-electron chi connectivity index (χ4n) is 2.56. The molecule has 0 unspecified atom stereocenters. The smallest absolute Gasteiger partial charge is 0.340 e. The Bertz CT molecular complexity index is 888. The van der Waals surface area contributed by atoms with Gasteiger partial charge in [-0.15, -0.1) is 0 Å². The molecule has 3 aromatic rings. The maximum absolute atomic E-state index is 11.9. The second kappa shape index (κ2) is 7.31. The lowest BCUT2D eigenvalue weighted by Crippen LogP contribution is -2.21. The Kier molecular flexibility index (Phi) is 4.95. The van der Waals surface area contributed by atoms with Gasteiger partial charge < -0.3 is 19.9 Å². The van der Waals surface area contributed by atoms with Crippen LogP contribution < -0.4 is 5.32 Å². The van der Waals surface area contributed by atoms with Gasteiger partial charge in [0.1, 0.15) is 5.82 Å². The number of ether oxygens (including phenoxy) is 1. The van der Waals surface area contributed by atoms with E-state index >= 15 is 0 Å². The molecule has 0 saturated heterocycles. The predicted molar refractivity (Wildman–Crippen MR) is 97.7 cm³/mol. The normalized spacial score (nSPS) is 11.0. The minimum absolute atomic E-state index is 0.367. The van der Waals surface area contributed by atoms with Crippen LogP contribution in [0.2, 0.25) is 0 Å². The van der Waals surface area contributed by atoms with Crippen molar-refractivity contribution in [3.8, 4) is 11.3 Å². The molecule has 0 saturated carbocycles. The van der Waals surface area contributed by atoms with Crippen molar-refractivity contribution in [3.63, 3.8) is 0 Å². The van der Waals surface area contributed by atoms with Crippen LogP contribution in [-0.4, -0.2) is 60.1 Å². The third kappa shape index (κ3) is 3.77. The second-order valence-corrected chi connectivity index (χ2v) is 5.97. The summed E-state index contributed by atoms with van der Waals surface area (Å²) in [5.41, 5.74) is 3.01. The number of rotatable bonds is 6. The van der Waals surface area contributed by atoms with Crippen LogP contribution in [0.3, 0.4) is 0 Å². The van der Waals surface area contributed by atoms with Crippen molar-refractivity contribution in [2.45, 2.75) is 0 Å². The largest absolute Gasteiger partial charge is 0.465 e. The predicted octanol–water partition coefficient (Wildman–Crippen LogP) is 2.39. The number of hydrogen-bond acceptors (Lipinski definition) is 6. The molecule has 0 radical (unpaired) electrons. The highest BCUT2D eigenvalue weighted by Crippen LogP contribution is 2.26. The van der Waals surface area contributed by atoms with E-state index in [1.807, 2.05) is 32.3 Å². The molecule has 0 bridgehead atoms. The van der Waals surface area contributed by atoms with Crippen molar-refractivity contribution in [1.82, 2.24) is 19.9 Å². The van der Waals surface area contributed by atoms with Crippen LogP contribution >= 0.6 is 0 Å². The highest BCUT2D eigenvalue weighted by Gasteiger charge is 2.13. The van der Waals surface area contributed by atoms with E-state index in [1.165, 1.54) is 7.11 Å². The van der Waals surface area contributed by atoms with Crippen LogP contribution in [0.15, 0.2) is 36.8 Å². The number of nitrogens with one attached hydrogen (secondary N) is 2. The fraction of sp³-hybridized carbons (Fsp3) is 0.278. The highest BCUT2D eigenvalue weighted by atomic mass is 16.5. The van der Waals surface area contributed by atoms with E-state index < -0.39 is 0 Å². The van der Waals surface area contributed by atoms with Crippen LogP contribution in [0.4, 0.5) is 5.82 Å². The number of nitrogens with zero attached hydrogens (tertiary/aromatic N) is 3. The van der Waals surface area contributed by atoms with Crippen molar-refractivity contribution >= 4 is 22.7 Å². The number of carbonyl (C=O) groups excluding carboxylic acids is 1. The summed E-state index contributed by atoms with van der Waals surface area (Å²) in [6.45, 7) is 1.69. The second-order valence-electron chi connectivity index (χ2n) is 5.97. The summed E-state index contributed by atoms with van der Waals surface area (Å²) < 4.78 is 4.83. The standard InChI is InChI=1S/C18H21N5O2/c1-23(2)7-6-20-17-11-19-10-16(22-17)12-4-5-15-13(8-12)14(9-21-15)18(24)25-3/h4-5,8-11,21H,6-7H2,1-3H3,(H,20,22). The number of hydrogen-bond donors (Lipinski definition) is 2. The third-order valence-electron chi connectivity index (χ3n) is 3.88. The molecule has 0 atom stereocenters. The molecule has 7 nitrogen and oxygen atoms in total. The van der Waals surface area contributed by atoms with Crippen LogP contribution in [0, 0.1) is 0 Å². The Morgan fingerprint density at radius 2 is 2.16 bits per heavy atom. The molecular formula is C18H21N5O2. The molecule has 7 heteroatoms. The zero-order chi connectivity index (χ0) is 17.8. The molecule has 2 heterocycles. The zero-order valence-electron chi connectivity index (χ0n) is 14.5. The molecule has 1 aromatic carbocycles. The molecule has 2 aromatic heterocycles. The van der Waals surface area contributed by atoms with Crippen LogP contribution in [-0.2, 0) is 4.74 Å². The lowest BCUT2D eigenvalue weighted by atomic mass is 10.1. The van der Waals surface area contributed by atoms with Crippen LogP contribution in [0.5, 0.6) is 0 Å². The first kappa shape index (κ1) is 16.9. The molecule has 0 amide bonds. The van der Waals surface area contributed by atoms with E-state index in [4.69, 9.17) is 4.74 Å². The van der Waals surface area contributed by atoms with Gasteiger partial charge in [-0.1, -0.05) is 6.07 Å². The van der Waals surface area contributed by atoms with Crippen LogP contribution in [0.1, 0.15) is 10.4 Å². The summed E-state index contributed by atoms with van der Waals surface area (Å²) in [5, 5.41) is 4.06. The molecule has 0 aliphatic rings. The summed E-state index contributed by atoms with van der Waals surface area (Å²) in [4.78, 5) is 25.9. The zero-order valence-corrected chi connectivity index (χ0v) is 14.5. The number of aromatic amines is 1. The van der Waals surface area contributed by atoms with Crippen molar-refractivity contribution < 1.29 is 9.53 Å². The average Bonchev–Trinajstić information content (AvgIpc) is 3.04. The number of carbonyl (C=O) groups is 1. The monoisotopic (exact) mass is 339 g/mol. The van der Waals surface area contributed by atoms with Gasteiger partial charge in [-0.2, -0.15) is 0 Å². The number of fused-ring (bicyclic) bond motifs is 1. The summed E-state index contributed by atoms with van der Waals surface area (Å²) in [5.74, 6) is 0.357. The van der Waals surface area contributed by atoms with E-state index in [0.29, 0.717) is 5.56 Å². The third-order valence-corrected chi connectivity index (χ3v) is 3.88. The first-order valence-corrected chi connectivity index (χ1v) is 7.99. The lowest BCUT2D eigenvalue weighted by Gasteiger charge is -2.11. The fourth-order valence-corrected chi connectivity index (χ4v) is 2.56. The molecular weight excluding hydrogens is 318 g/mol. The van der Waals surface area contributed by atoms with Crippen molar-refractivity contribution in [2.75, 3.05) is 39.6 Å². The summed E-state index contributed by atoms with van der Waals surface area (Å²) in [7, 11) is 5.42. The van der Waals surface area contributed by atoms with Gasteiger partial charge in [-0.25, -0.2) is 9.78 Å². The molecule has 2 N–H and O–H groups in total. The van der Waals surface area contributed by atoms with E-state index in [2.05, 4.69) is 25.2 Å². The van der Waals surface area contributed by atoms with Crippen molar-refractivity contribution in [3.05, 3.63) is 42.4 Å². The molecule has 0 aliphatic carbocycles. The topological polar surface area (TPSA) is 83.1 Å². The van der Waals surface area contributed by atoms with E-state index in [0.717, 1.165) is 41.1 Å². The van der Waals surface area contributed by atoms with Crippen LogP contribution in [0.25, 0.3) is 22.2 Å². The van der Waals surface area contributed by atoms with Gasteiger partial charge in [-0.05, 0) is 26.2 Å². The molecule has 25 heavy (non-hydrogen) atoms. The number of methoxy groups -OCH3 is 1. The number of aromatic nitrogens is 3.